The molecule has 5 nitrogen and oxygen atoms in total. The Bertz CT molecular complexity index is 538. The van der Waals surface area contributed by atoms with Crippen molar-refractivity contribution in [2.75, 3.05) is 18.5 Å². The van der Waals surface area contributed by atoms with E-state index in [0.29, 0.717) is 11.9 Å². The monoisotopic (exact) mass is 260 g/mol. The highest BCUT2D eigenvalue weighted by Gasteiger charge is 2.18. The molecule has 0 spiro atoms. The third-order valence-electron chi connectivity index (χ3n) is 3.19. The van der Waals surface area contributed by atoms with Gasteiger partial charge in [0.05, 0.1) is 6.04 Å². The van der Waals surface area contributed by atoms with Gasteiger partial charge >= 0.3 is 6.01 Å². The number of aryl methyl sites for hydroxylation is 1. The number of anilines is 2. The molecule has 2 aromatic rings. The van der Waals surface area contributed by atoms with Crippen LogP contribution in [0.1, 0.15) is 31.3 Å². The van der Waals surface area contributed by atoms with E-state index in [1.807, 2.05) is 31.0 Å². The molecule has 1 heterocycles. The van der Waals surface area contributed by atoms with Crippen LogP contribution in [0.5, 0.6) is 0 Å². The van der Waals surface area contributed by atoms with Gasteiger partial charge in [-0.15, -0.1) is 5.10 Å². The van der Waals surface area contributed by atoms with Crippen molar-refractivity contribution in [1.82, 2.24) is 15.5 Å². The van der Waals surface area contributed by atoms with Gasteiger partial charge in [-0.1, -0.05) is 23.3 Å². The van der Waals surface area contributed by atoms with E-state index in [1.54, 1.807) is 0 Å². The summed E-state index contributed by atoms with van der Waals surface area (Å²) in [6.07, 6.45) is 0. The minimum Gasteiger partial charge on any atom is -0.406 e. The summed E-state index contributed by atoms with van der Waals surface area (Å²) in [5, 5.41) is 11.3. The van der Waals surface area contributed by atoms with Gasteiger partial charge in [-0.3, -0.25) is 4.90 Å². The molecule has 1 unspecified atom stereocenters. The summed E-state index contributed by atoms with van der Waals surface area (Å²) in [5.41, 5.74) is 2.28. The first-order chi connectivity index (χ1) is 9.17. The van der Waals surface area contributed by atoms with Gasteiger partial charge in [0.25, 0.3) is 0 Å². The fourth-order valence-electron chi connectivity index (χ4n) is 1.91. The summed E-state index contributed by atoms with van der Waals surface area (Å²) in [6.45, 7) is 6.91. The molecular formula is C14H20N4O. The lowest BCUT2D eigenvalue weighted by Crippen LogP contribution is -2.17. The molecule has 5 heteroatoms. The fourth-order valence-corrected chi connectivity index (χ4v) is 1.91. The van der Waals surface area contributed by atoms with Gasteiger partial charge in [0.2, 0.25) is 5.89 Å². The van der Waals surface area contributed by atoms with E-state index in [1.165, 1.54) is 5.56 Å². The van der Waals surface area contributed by atoms with Crippen LogP contribution in [-0.2, 0) is 0 Å². The van der Waals surface area contributed by atoms with Gasteiger partial charge in [-0.2, -0.15) is 0 Å². The molecule has 0 aliphatic heterocycles. The Labute approximate surface area is 113 Å². The number of nitrogens with one attached hydrogen (secondary N) is 1. The maximum absolute atomic E-state index is 5.74. The van der Waals surface area contributed by atoms with Gasteiger partial charge in [-0.05, 0) is 39.4 Å². The SMILES string of the molecule is CCN(c1nnc(C(C)NC)o1)c1ccccc1C. The molecule has 0 saturated heterocycles. The topological polar surface area (TPSA) is 54.2 Å². The third-order valence-corrected chi connectivity index (χ3v) is 3.19. The number of rotatable bonds is 5. The zero-order valence-electron chi connectivity index (χ0n) is 11.8. The van der Waals surface area contributed by atoms with Crippen LogP contribution in [0.25, 0.3) is 0 Å². The Kier molecular flexibility index (Phi) is 4.16. The van der Waals surface area contributed by atoms with Crippen LogP contribution in [0.3, 0.4) is 0 Å². The van der Waals surface area contributed by atoms with E-state index in [2.05, 4.69) is 41.5 Å². The first-order valence-corrected chi connectivity index (χ1v) is 6.51. The van der Waals surface area contributed by atoms with Crippen LogP contribution in [0.2, 0.25) is 0 Å². The van der Waals surface area contributed by atoms with Gasteiger partial charge in [0.1, 0.15) is 0 Å². The lowest BCUT2D eigenvalue weighted by molar-refractivity contribution is 0.435. The number of nitrogens with zero attached hydrogens (tertiary/aromatic N) is 3. The molecule has 1 atom stereocenters. The predicted molar refractivity (Wildman–Crippen MR) is 75.6 cm³/mol. The van der Waals surface area contributed by atoms with Crippen molar-refractivity contribution in [2.45, 2.75) is 26.8 Å². The van der Waals surface area contributed by atoms with Crippen LogP contribution >= 0.6 is 0 Å². The average Bonchev–Trinajstić information content (AvgIpc) is 2.90. The molecule has 0 fully saturated rings. The highest BCUT2D eigenvalue weighted by Crippen LogP contribution is 2.27. The Balaban J connectivity index is 2.32. The molecule has 0 radical (unpaired) electrons. The van der Waals surface area contributed by atoms with E-state index >= 15 is 0 Å². The number of benzene rings is 1. The van der Waals surface area contributed by atoms with Crippen LogP contribution in [0, 0.1) is 6.92 Å². The molecule has 19 heavy (non-hydrogen) atoms. The molecule has 2 rings (SSSR count). The highest BCUT2D eigenvalue weighted by atomic mass is 16.4. The largest absolute Gasteiger partial charge is 0.406 e. The molecule has 1 N–H and O–H groups in total. The molecule has 1 aromatic heterocycles. The van der Waals surface area contributed by atoms with Crippen LogP contribution in [0.4, 0.5) is 11.7 Å². The quantitative estimate of drug-likeness (QED) is 0.896. The summed E-state index contributed by atoms with van der Waals surface area (Å²) in [7, 11) is 1.87. The third kappa shape index (κ3) is 2.76. The molecular weight excluding hydrogens is 240 g/mol. The number of hydrogen-bond donors (Lipinski definition) is 1. The van der Waals surface area contributed by atoms with Crippen molar-refractivity contribution in [3.8, 4) is 0 Å². The van der Waals surface area contributed by atoms with Crippen LogP contribution in [0.15, 0.2) is 28.7 Å². The van der Waals surface area contributed by atoms with E-state index in [4.69, 9.17) is 4.42 Å². The predicted octanol–water partition coefficient (Wildman–Crippen LogP) is 2.82. The molecule has 0 saturated carbocycles. The Morgan fingerprint density at radius 3 is 2.68 bits per heavy atom. The standard InChI is InChI=1S/C14H20N4O/c1-5-18(12-9-7-6-8-10(12)2)14-17-16-13(19-14)11(3)15-4/h6-9,11,15H,5H2,1-4H3. The van der Waals surface area contributed by atoms with E-state index in [9.17, 15) is 0 Å². The second kappa shape index (κ2) is 5.84. The normalized spacial score (nSPS) is 12.4. The Morgan fingerprint density at radius 2 is 2.05 bits per heavy atom. The summed E-state index contributed by atoms with van der Waals surface area (Å²) >= 11 is 0. The Hall–Kier alpha value is -1.88. The van der Waals surface area contributed by atoms with Gasteiger partial charge in [0.15, 0.2) is 0 Å². The minimum absolute atomic E-state index is 0.0526. The second-order valence-electron chi connectivity index (χ2n) is 4.46. The first kappa shape index (κ1) is 13.5. The summed E-state index contributed by atoms with van der Waals surface area (Å²) in [5.74, 6) is 0.601. The van der Waals surface area contributed by atoms with Crippen LogP contribution < -0.4 is 10.2 Å². The fraction of sp³-hybridized carbons (Fsp3) is 0.429. The van der Waals surface area contributed by atoms with E-state index in [-0.39, 0.29) is 6.04 Å². The van der Waals surface area contributed by atoms with Crippen molar-refractivity contribution in [1.29, 1.82) is 0 Å². The lowest BCUT2D eigenvalue weighted by atomic mass is 10.2. The molecule has 1 aromatic carbocycles. The summed E-state index contributed by atoms with van der Waals surface area (Å²) in [6, 6.07) is 8.76. The highest BCUT2D eigenvalue weighted by molar-refractivity contribution is 5.60. The molecule has 0 aliphatic carbocycles. The minimum atomic E-state index is 0.0526. The first-order valence-electron chi connectivity index (χ1n) is 6.51. The maximum Gasteiger partial charge on any atom is 0.322 e. The number of aromatic nitrogens is 2. The number of hydrogen-bond acceptors (Lipinski definition) is 5. The molecule has 102 valence electrons. The molecule has 0 aliphatic rings. The molecule has 0 amide bonds. The maximum atomic E-state index is 5.74. The van der Waals surface area contributed by atoms with Crippen molar-refractivity contribution in [3.63, 3.8) is 0 Å². The van der Waals surface area contributed by atoms with Crippen molar-refractivity contribution in [2.24, 2.45) is 0 Å². The summed E-state index contributed by atoms with van der Waals surface area (Å²) < 4.78 is 5.74. The van der Waals surface area contributed by atoms with Crippen LogP contribution in [-0.4, -0.2) is 23.8 Å². The molecule has 0 bridgehead atoms. The van der Waals surface area contributed by atoms with Crippen molar-refractivity contribution in [3.05, 3.63) is 35.7 Å². The average molecular weight is 260 g/mol. The van der Waals surface area contributed by atoms with Gasteiger partial charge in [0, 0.05) is 12.2 Å². The van der Waals surface area contributed by atoms with Crippen molar-refractivity contribution < 1.29 is 4.42 Å². The lowest BCUT2D eigenvalue weighted by Gasteiger charge is -2.20. The summed E-state index contributed by atoms with van der Waals surface area (Å²) in [4.78, 5) is 2.02. The smallest absolute Gasteiger partial charge is 0.322 e. The van der Waals surface area contributed by atoms with Gasteiger partial charge in [-0.25, -0.2) is 0 Å². The van der Waals surface area contributed by atoms with E-state index < -0.39 is 0 Å². The zero-order valence-corrected chi connectivity index (χ0v) is 11.8. The zero-order chi connectivity index (χ0) is 13.8. The van der Waals surface area contributed by atoms with Gasteiger partial charge < -0.3 is 9.73 Å². The van der Waals surface area contributed by atoms with E-state index in [0.717, 1.165) is 12.2 Å². The Morgan fingerprint density at radius 1 is 1.32 bits per heavy atom. The number of para-hydroxylation sites is 1. The van der Waals surface area contributed by atoms with Crippen molar-refractivity contribution >= 4 is 11.7 Å². The second-order valence-corrected chi connectivity index (χ2v) is 4.46.